The van der Waals surface area contributed by atoms with E-state index in [0.29, 0.717) is 12.1 Å². The molecule has 1 aliphatic heterocycles. The van der Waals surface area contributed by atoms with Crippen LogP contribution in [0, 0.1) is 0 Å². The first-order valence-electron chi connectivity index (χ1n) is 7.65. The summed E-state index contributed by atoms with van der Waals surface area (Å²) in [5.74, 6) is -0.0270. The first-order valence-corrected chi connectivity index (χ1v) is 7.65. The van der Waals surface area contributed by atoms with E-state index in [-0.39, 0.29) is 5.91 Å². The zero-order valence-corrected chi connectivity index (χ0v) is 12.3. The van der Waals surface area contributed by atoms with Crippen molar-refractivity contribution in [2.45, 2.75) is 39.0 Å². The fraction of sp³-hybridized carbons (Fsp3) is 0.562. The van der Waals surface area contributed by atoms with E-state index < -0.39 is 0 Å². The lowest BCUT2D eigenvalue weighted by atomic mass is 10.1. The van der Waals surface area contributed by atoms with Crippen molar-refractivity contribution in [1.82, 2.24) is 5.32 Å². The van der Waals surface area contributed by atoms with Crippen LogP contribution in [-0.4, -0.2) is 25.5 Å². The highest BCUT2D eigenvalue weighted by Crippen LogP contribution is 2.27. The van der Waals surface area contributed by atoms with E-state index in [0.717, 1.165) is 24.5 Å². The lowest BCUT2D eigenvalue weighted by molar-refractivity contribution is 0.0956. The Morgan fingerprint density at radius 1 is 1.20 bits per heavy atom. The quantitative estimate of drug-likeness (QED) is 0.834. The number of nitrogens with two attached hydrogens (primary N) is 1. The second kappa shape index (κ2) is 7.17. The van der Waals surface area contributed by atoms with Crippen molar-refractivity contribution >= 4 is 17.3 Å². The Morgan fingerprint density at radius 3 is 2.50 bits per heavy atom. The van der Waals surface area contributed by atoms with Crippen molar-refractivity contribution in [2.75, 3.05) is 30.3 Å². The molecule has 20 heavy (non-hydrogen) atoms. The summed E-state index contributed by atoms with van der Waals surface area (Å²) in [6.07, 6.45) is 6.30. The molecular weight excluding hydrogens is 250 g/mol. The second-order valence-electron chi connectivity index (χ2n) is 5.39. The highest BCUT2D eigenvalue weighted by atomic mass is 16.1. The predicted octanol–water partition coefficient (Wildman–Crippen LogP) is 2.79. The number of nitrogens with zero attached hydrogens (tertiary/aromatic N) is 1. The SMILES string of the molecule is CCNC(=O)c1ccc(N)c(N2CCCCCCC2)c1. The van der Waals surface area contributed by atoms with Gasteiger partial charge in [0.15, 0.2) is 0 Å². The largest absolute Gasteiger partial charge is 0.397 e. The zero-order chi connectivity index (χ0) is 14.4. The van der Waals surface area contributed by atoms with E-state index in [1.807, 2.05) is 19.1 Å². The fourth-order valence-electron chi connectivity index (χ4n) is 2.71. The lowest BCUT2D eigenvalue weighted by Gasteiger charge is -2.28. The molecule has 110 valence electrons. The number of anilines is 2. The van der Waals surface area contributed by atoms with E-state index in [4.69, 9.17) is 5.73 Å². The van der Waals surface area contributed by atoms with Gasteiger partial charge in [0.2, 0.25) is 0 Å². The van der Waals surface area contributed by atoms with Crippen molar-refractivity contribution in [3.63, 3.8) is 0 Å². The number of hydrogen-bond acceptors (Lipinski definition) is 3. The van der Waals surface area contributed by atoms with Crippen molar-refractivity contribution in [2.24, 2.45) is 0 Å². The van der Waals surface area contributed by atoms with Crippen molar-refractivity contribution < 1.29 is 4.79 Å². The molecule has 0 aromatic heterocycles. The maximum absolute atomic E-state index is 11.9. The van der Waals surface area contributed by atoms with E-state index in [1.165, 1.54) is 32.1 Å². The molecule has 0 atom stereocenters. The molecule has 1 aromatic rings. The molecular formula is C16H25N3O. The first kappa shape index (κ1) is 14.7. The minimum absolute atomic E-state index is 0.0270. The lowest BCUT2D eigenvalue weighted by Crippen LogP contribution is -2.28. The third-order valence-electron chi connectivity index (χ3n) is 3.83. The van der Waals surface area contributed by atoms with Crippen molar-refractivity contribution in [3.8, 4) is 0 Å². The molecule has 0 radical (unpaired) electrons. The van der Waals surface area contributed by atoms with E-state index in [2.05, 4.69) is 10.2 Å². The highest BCUT2D eigenvalue weighted by Gasteiger charge is 2.14. The summed E-state index contributed by atoms with van der Waals surface area (Å²) in [7, 11) is 0. The topological polar surface area (TPSA) is 58.4 Å². The van der Waals surface area contributed by atoms with Gasteiger partial charge in [0, 0.05) is 25.2 Å². The monoisotopic (exact) mass is 275 g/mol. The Kier molecular flexibility index (Phi) is 5.27. The number of hydrogen-bond donors (Lipinski definition) is 2. The van der Waals surface area contributed by atoms with Crippen LogP contribution in [0.2, 0.25) is 0 Å². The Morgan fingerprint density at radius 2 is 1.85 bits per heavy atom. The van der Waals surface area contributed by atoms with Gasteiger partial charge in [-0.25, -0.2) is 0 Å². The molecule has 1 aliphatic rings. The fourth-order valence-corrected chi connectivity index (χ4v) is 2.71. The molecule has 0 spiro atoms. The van der Waals surface area contributed by atoms with Crippen LogP contribution < -0.4 is 16.0 Å². The average Bonchev–Trinajstić information content (AvgIpc) is 2.40. The van der Waals surface area contributed by atoms with Crippen LogP contribution in [0.4, 0.5) is 11.4 Å². The van der Waals surface area contributed by atoms with Crippen molar-refractivity contribution in [1.29, 1.82) is 0 Å². The van der Waals surface area contributed by atoms with Gasteiger partial charge in [-0.15, -0.1) is 0 Å². The van der Waals surface area contributed by atoms with Gasteiger partial charge in [-0.2, -0.15) is 0 Å². The Labute approximate surface area is 121 Å². The van der Waals surface area contributed by atoms with Gasteiger partial charge < -0.3 is 16.0 Å². The summed E-state index contributed by atoms with van der Waals surface area (Å²) in [5.41, 5.74) is 8.58. The minimum Gasteiger partial charge on any atom is -0.397 e. The molecule has 1 saturated heterocycles. The van der Waals surface area contributed by atoms with Crippen LogP contribution in [0.5, 0.6) is 0 Å². The Bertz CT molecular complexity index is 451. The standard InChI is InChI=1S/C16H25N3O/c1-2-18-16(20)13-8-9-14(17)15(12-13)19-10-6-4-3-5-7-11-19/h8-9,12H,2-7,10-11,17H2,1H3,(H,18,20). The van der Waals surface area contributed by atoms with Gasteiger partial charge in [-0.1, -0.05) is 19.3 Å². The number of nitrogens with one attached hydrogen (secondary N) is 1. The summed E-state index contributed by atoms with van der Waals surface area (Å²) >= 11 is 0. The number of nitrogen functional groups attached to an aromatic ring is 1. The molecule has 1 aromatic carbocycles. The molecule has 1 heterocycles. The van der Waals surface area contributed by atoms with Crippen molar-refractivity contribution in [3.05, 3.63) is 23.8 Å². The average molecular weight is 275 g/mol. The maximum atomic E-state index is 11.9. The molecule has 4 nitrogen and oxygen atoms in total. The normalized spacial score (nSPS) is 16.4. The number of amides is 1. The third kappa shape index (κ3) is 3.65. The summed E-state index contributed by atoms with van der Waals surface area (Å²) < 4.78 is 0. The van der Waals surface area contributed by atoms with Crippen LogP contribution in [0.15, 0.2) is 18.2 Å². The van der Waals surface area contributed by atoms with E-state index in [1.54, 1.807) is 6.07 Å². The minimum atomic E-state index is -0.0270. The molecule has 0 unspecified atom stereocenters. The molecule has 0 aliphatic carbocycles. The molecule has 1 amide bonds. The van der Waals surface area contributed by atoms with Crippen LogP contribution in [0.3, 0.4) is 0 Å². The molecule has 4 heteroatoms. The summed E-state index contributed by atoms with van der Waals surface area (Å²) in [6.45, 7) is 4.63. The first-order chi connectivity index (χ1) is 9.72. The summed E-state index contributed by atoms with van der Waals surface area (Å²) in [6, 6.07) is 5.58. The van der Waals surface area contributed by atoms with Gasteiger partial charge in [0.25, 0.3) is 5.91 Å². The Balaban J connectivity index is 2.20. The zero-order valence-electron chi connectivity index (χ0n) is 12.3. The number of rotatable bonds is 3. The number of benzene rings is 1. The van der Waals surface area contributed by atoms with Gasteiger partial charge in [-0.05, 0) is 38.0 Å². The van der Waals surface area contributed by atoms with Crippen LogP contribution in [0.25, 0.3) is 0 Å². The summed E-state index contributed by atoms with van der Waals surface area (Å²) in [5, 5.41) is 2.84. The van der Waals surface area contributed by atoms with Crippen LogP contribution >= 0.6 is 0 Å². The molecule has 3 N–H and O–H groups in total. The van der Waals surface area contributed by atoms with Crippen LogP contribution in [0.1, 0.15) is 49.4 Å². The highest BCUT2D eigenvalue weighted by molar-refractivity contribution is 5.96. The van der Waals surface area contributed by atoms with E-state index >= 15 is 0 Å². The smallest absolute Gasteiger partial charge is 0.251 e. The molecule has 0 saturated carbocycles. The van der Waals surface area contributed by atoms with E-state index in [9.17, 15) is 4.79 Å². The summed E-state index contributed by atoms with van der Waals surface area (Å²) in [4.78, 5) is 14.3. The van der Waals surface area contributed by atoms with Gasteiger partial charge in [0.1, 0.15) is 0 Å². The number of carbonyl (C=O) groups is 1. The third-order valence-corrected chi connectivity index (χ3v) is 3.83. The van der Waals surface area contributed by atoms with Gasteiger partial charge in [0.05, 0.1) is 11.4 Å². The Hall–Kier alpha value is -1.71. The maximum Gasteiger partial charge on any atom is 0.251 e. The molecule has 0 bridgehead atoms. The number of carbonyl (C=O) groups excluding carboxylic acids is 1. The predicted molar refractivity (Wildman–Crippen MR) is 84.2 cm³/mol. The molecule has 1 fully saturated rings. The second-order valence-corrected chi connectivity index (χ2v) is 5.39. The molecule has 2 rings (SSSR count). The van der Waals surface area contributed by atoms with Crippen LogP contribution in [-0.2, 0) is 0 Å². The van der Waals surface area contributed by atoms with Gasteiger partial charge in [-0.3, -0.25) is 4.79 Å². The van der Waals surface area contributed by atoms with Gasteiger partial charge >= 0.3 is 0 Å².